The first-order valence-electron chi connectivity index (χ1n) is 12.6. The lowest BCUT2D eigenvalue weighted by Crippen LogP contribution is -2.30. The molecule has 3 aromatic carbocycles. The standard InChI is InChI=1S/C29H34N2O5S/c1-37(34,35)31-29(33)26-16-13-24(19-27(26)22-7-5-6-8-22)21-11-14-25(15-12-21)36-18-17-30-20-28(32)23-9-3-2-4-10-23/h2-4,9-16,19,22,28,30,32H,5-8,17-18,20H2,1H3,(H,31,33)/t28-/m0/s1. The molecule has 1 saturated carbocycles. The fourth-order valence-electron chi connectivity index (χ4n) is 4.76. The number of sulfonamides is 1. The van der Waals surface area contributed by atoms with Gasteiger partial charge in [0.2, 0.25) is 10.0 Å². The number of carbonyl (C=O) groups is 1. The Kier molecular flexibility index (Phi) is 8.97. The Morgan fingerprint density at radius 3 is 2.35 bits per heavy atom. The maximum Gasteiger partial charge on any atom is 0.265 e. The molecule has 1 amide bonds. The summed E-state index contributed by atoms with van der Waals surface area (Å²) in [5, 5.41) is 13.4. The van der Waals surface area contributed by atoms with E-state index < -0.39 is 22.0 Å². The molecule has 0 spiro atoms. The second-order valence-electron chi connectivity index (χ2n) is 9.49. The molecule has 196 valence electrons. The molecule has 0 aliphatic heterocycles. The zero-order valence-corrected chi connectivity index (χ0v) is 21.8. The molecule has 8 heteroatoms. The number of ether oxygens (including phenoxy) is 1. The van der Waals surface area contributed by atoms with Crippen molar-refractivity contribution in [2.24, 2.45) is 0 Å². The third-order valence-corrected chi connectivity index (χ3v) is 7.18. The average Bonchev–Trinajstić information content (AvgIpc) is 3.43. The van der Waals surface area contributed by atoms with Gasteiger partial charge in [-0.2, -0.15) is 0 Å². The number of benzene rings is 3. The highest BCUT2D eigenvalue weighted by Crippen LogP contribution is 2.38. The van der Waals surface area contributed by atoms with Crippen molar-refractivity contribution < 1.29 is 23.1 Å². The maximum atomic E-state index is 12.7. The maximum absolute atomic E-state index is 12.7. The minimum Gasteiger partial charge on any atom is -0.492 e. The van der Waals surface area contributed by atoms with Gasteiger partial charge in [-0.1, -0.05) is 67.4 Å². The summed E-state index contributed by atoms with van der Waals surface area (Å²) < 4.78 is 31.2. The highest BCUT2D eigenvalue weighted by atomic mass is 32.2. The Balaban J connectivity index is 1.36. The van der Waals surface area contributed by atoms with Crippen molar-refractivity contribution in [3.8, 4) is 16.9 Å². The van der Waals surface area contributed by atoms with Crippen LogP contribution < -0.4 is 14.8 Å². The van der Waals surface area contributed by atoms with Crippen LogP contribution in [-0.2, 0) is 10.0 Å². The SMILES string of the molecule is CS(=O)(=O)NC(=O)c1ccc(-c2ccc(OCCNC[C@H](O)c3ccccc3)cc2)cc1C1CCCC1. The molecule has 37 heavy (non-hydrogen) atoms. The Bertz CT molecular complexity index is 1290. The van der Waals surface area contributed by atoms with Crippen molar-refractivity contribution in [1.82, 2.24) is 10.0 Å². The van der Waals surface area contributed by atoms with E-state index in [4.69, 9.17) is 4.74 Å². The summed E-state index contributed by atoms with van der Waals surface area (Å²) in [7, 11) is -3.64. The Morgan fingerprint density at radius 2 is 1.68 bits per heavy atom. The molecule has 0 saturated heterocycles. The summed E-state index contributed by atoms with van der Waals surface area (Å²) in [6, 6.07) is 22.9. The van der Waals surface area contributed by atoms with Crippen LogP contribution in [-0.4, -0.2) is 45.4 Å². The number of hydrogen-bond acceptors (Lipinski definition) is 6. The lowest BCUT2D eigenvalue weighted by atomic mass is 9.89. The molecule has 7 nitrogen and oxygen atoms in total. The summed E-state index contributed by atoms with van der Waals surface area (Å²) in [5.74, 6) is 0.412. The largest absolute Gasteiger partial charge is 0.492 e. The first kappa shape index (κ1) is 26.9. The normalized spacial score (nSPS) is 14.9. The third-order valence-electron chi connectivity index (χ3n) is 6.63. The van der Waals surface area contributed by atoms with E-state index in [0.717, 1.165) is 59.9 Å². The van der Waals surface area contributed by atoms with Crippen LogP contribution in [0.3, 0.4) is 0 Å². The second-order valence-corrected chi connectivity index (χ2v) is 11.2. The van der Waals surface area contributed by atoms with E-state index in [1.54, 1.807) is 6.07 Å². The summed E-state index contributed by atoms with van der Waals surface area (Å²) in [5.41, 5.74) is 4.17. The first-order chi connectivity index (χ1) is 17.8. The fourth-order valence-corrected chi connectivity index (χ4v) is 5.21. The fraction of sp³-hybridized carbons (Fsp3) is 0.345. The number of aliphatic hydroxyl groups is 1. The van der Waals surface area contributed by atoms with E-state index in [-0.39, 0.29) is 5.92 Å². The lowest BCUT2D eigenvalue weighted by Gasteiger charge is -2.17. The van der Waals surface area contributed by atoms with Crippen LogP contribution in [0.5, 0.6) is 5.75 Å². The molecule has 0 heterocycles. The van der Waals surface area contributed by atoms with Crippen LogP contribution in [0, 0.1) is 0 Å². The van der Waals surface area contributed by atoms with Gasteiger partial charge < -0.3 is 15.2 Å². The minimum atomic E-state index is -3.64. The van der Waals surface area contributed by atoms with Gasteiger partial charge in [-0.15, -0.1) is 0 Å². The van der Waals surface area contributed by atoms with E-state index in [2.05, 4.69) is 10.0 Å². The van der Waals surface area contributed by atoms with Gasteiger partial charge >= 0.3 is 0 Å². The van der Waals surface area contributed by atoms with E-state index in [9.17, 15) is 18.3 Å². The molecule has 4 rings (SSSR count). The topological polar surface area (TPSA) is 105 Å². The van der Waals surface area contributed by atoms with E-state index in [0.29, 0.717) is 25.3 Å². The number of aliphatic hydroxyl groups excluding tert-OH is 1. The molecule has 1 aliphatic rings. The predicted molar refractivity (Wildman–Crippen MR) is 145 cm³/mol. The van der Waals surface area contributed by atoms with Crippen LogP contribution in [0.15, 0.2) is 72.8 Å². The van der Waals surface area contributed by atoms with Crippen LogP contribution in [0.1, 0.15) is 59.2 Å². The van der Waals surface area contributed by atoms with Gasteiger partial charge in [-0.3, -0.25) is 4.79 Å². The van der Waals surface area contributed by atoms with Crippen molar-refractivity contribution in [2.75, 3.05) is 26.0 Å². The van der Waals surface area contributed by atoms with Gasteiger partial charge in [0.05, 0.1) is 12.4 Å². The van der Waals surface area contributed by atoms with Gasteiger partial charge in [0.25, 0.3) is 5.91 Å². The van der Waals surface area contributed by atoms with Crippen molar-refractivity contribution in [3.63, 3.8) is 0 Å². The zero-order valence-electron chi connectivity index (χ0n) is 21.0. The molecule has 3 aromatic rings. The number of nitrogens with one attached hydrogen (secondary N) is 2. The highest BCUT2D eigenvalue weighted by Gasteiger charge is 2.24. The number of amides is 1. The van der Waals surface area contributed by atoms with Gasteiger partial charge in [0.1, 0.15) is 12.4 Å². The number of hydrogen-bond donors (Lipinski definition) is 3. The molecule has 1 aliphatic carbocycles. The smallest absolute Gasteiger partial charge is 0.265 e. The number of rotatable bonds is 11. The van der Waals surface area contributed by atoms with Gasteiger partial charge in [-0.25, -0.2) is 13.1 Å². The quantitative estimate of drug-likeness (QED) is 0.323. The Labute approximate surface area is 218 Å². The monoisotopic (exact) mass is 522 g/mol. The van der Waals surface area contributed by atoms with Crippen LogP contribution >= 0.6 is 0 Å². The predicted octanol–water partition coefficient (Wildman–Crippen LogP) is 4.40. The van der Waals surface area contributed by atoms with Crippen molar-refractivity contribution >= 4 is 15.9 Å². The van der Waals surface area contributed by atoms with Gasteiger partial charge in [0.15, 0.2) is 0 Å². The van der Waals surface area contributed by atoms with E-state index >= 15 is 0 Å². The summed E-state index contributed by atoms with van der Waals surface area (Å²) in [6.45, 7) is 1.53. The van der Waals surface area contributed by atoms with Gasteiger partial charge in [0, 0.05) is 18.7 Å². The number of carbonyl (C=O) groups excluding carboxylic acids is 1. The molecular formula is C29H34N2O5S. The molecule has 1 atom stereocenters. The van der Waals surface area contributed by atoms with Crippen molar-refractivity contribution in [1.29, 1.82) is 0 Å². The Morgan fingerprint density at radius 1 is 1.00 bits per heavy atom. The molecule has 0 radical (unpaired) electrons. The average molecular weight is 523 g/mol. The molecule has 0 unspecified atom stereocenters. The van der Waals surface area contributed by atoms with Gasteiger partial charge in [-0.05, 0) is 59.2 Å². The van der Waals surface area contributed by atoms with Crippen molar-refractivity contribution in [3.05, 3.63) is 89.5 Å². The first-order valence-corrected chi connectivity index (χ1v) is 14.5. The molecular weight excluding hydrogens is 488 g/mol. The lowest BCUT2D eigenvalue weighted by molar-refractivity contribution is 0.0980. The van der Waals surface area contributed by atoms with Crippen LogP contribution in [0.25, 0.3) is 11.1 Å². The summed E-state index contributed by atoms with van der Waals surface area (Å²) in [6.07, 6.45) is 4.63. The molecule has 0 bridgehead atoms. The highest BCUT2D eigenvalue weighted by molar-refractivity contribution is 7.89. The molecule has 1 fully saturated rings. The van der Waals surface area contributed by atoms with Crippen molar-refractivity contribution in [2.45, 2.75) is 37.7 Å². The van der Waals surface area contributed by atoms with E-state index in [1.807, 2.05) is 66.7 Å². The van der Waals surface area contributed by atoms with Crippen LogP contribution in [0.2, 0.25) is 0 Å². The summed E-state index contributed by atoms with van der Waals surface area (Å²) in [4.78, 5) is 12.7. The minimum absolute atomic E-state index is 0.246. The van der Waals surface area contributed by atoms with Crippen LogP contribution in [0.4, 0.5) is 0 Å². The molecule has 0 aromatic heterocycles. The Hall–Kier alpha value is -3.20. The summed E-state index contributed by atoms with van der Waals surface area (Å²) >= 11 is 0. The second kappa shape index (κ2) is 12.4. The molecule has 3 N–H and O–H groups in total. The van der Waals surface area contributed by atoms with E-state index in [1.165, 1.54) is 0 Å². The zero-order chi connectivity index (χ0) is 26.3. The third kappa shape index (κ3) is 7.64.